The summed E-state index contributed by atoms with van der Waals surface area (Å²) in [5.74, 6) is 1.11. The van der Waals surface area contributed by atoms with Crippen molar-refractivity contribution < 1.29 is 9.53 Å². The first-order valence-corrected chi connectivity index (χ1v) is 9.42. The SMILES string of the molecule is CCOc1ccccc1CCC(=O)N1CCN(C)C[C@@H]1c1ccccc1. The summed E-state index contributed by atoms with van der Waals surface area (Å²) in [4.78, 5) is 17.3. The molecular weight excluding hydrogens is 324 g/mol. The van der Waals surface area contributed by atoms with E-state index in [1.807, 2.05) is 43.3 Å². The van der Waals surface area contributed by atoms with E-state index in [9.17, 15) is 4.79 Å². The van der Waals surface area contributed by atoms with Gasteiger partial charge < -0.3 is 14.5 Å². The molecule has 26 heavy (non-hydrogen) atoms. The normalized spacial score (nSPS) is 17.9. The lowest BCUT2D eigenvalue weighted by atomic mass is 10.0. The average Bonchev–Trinajstić information content (AvgIpc) is 2.68. The zero-order valence-corrected chi connectivity index (χ0v) is 15.7. The van der Waals surface area contributed by atoms with E-state index in [2.05, 4.69) is 35.0 Å². The maximum absolute atomic E-state index is 13.0. The molecule has 4 heteroatoms. The molecule has 2 aromatic rings. The Balaban J connectivity index is 1.70. The predicted octanol–water partition coefficient (Wildman–Crippen LogP) is 3.53. The molecule has 0 N–H and O–H groups in total. The predicted molar refractivity (Wildman–Crippen MR) is 104 cm³/mol. The van der Waals surface area contributed by atoms with E-state index in [-0.39, 0.29) is 11.9 Å². The molecule has 1 aliphatic rings. The number of para-hydroxylation sites is 1. The zero-order chi connectivity index (χ0) is 18.4. The van der Waals surface area contributed by atoms with E-state index < -0.39 is 0 Å². The van der Waals surface area contributed by atoms with Crippen molar-refractivity contribution in [3.05, 3.63) is 65.7 Å². The Morgan fingerprint density at radius 2 is 1.81 bits per heavy atom. The van der Waals surface area contributed by atoms with Crippen LogP contribution >= 0.6 is 0 Å². The fourth-order valence-electron chi connectivity index (χ4n) is 3.57. The molecule has 0 spiro atoms. The van der Waals surface area contributed by atoms with Crippen LogP contribution in [0.5, 0.6) is 5.75 Å². The Labute approximate surface area is 156 Å². The lowest BCUT2D eigenvalue weighted by Gasteiger charge is -2.40. The Morgan fingerprint density at radius 3 is 2.58 bits per heavy atom. The van der Waals surface area contributed by atoms with Gasteiger partial charge in [0.25, 0.3) is 0 Å². The standard InChI is InChI=1S/C22H28N2O2/c1-3-26-21-12-8-7-11-19(21)13-14-22(25)24-16-15-23(2)17-20(24)18-9-5-4-6-10-18/h4-12,20H,3,13-17H2,1-2H3/t20-/m1/s1. The maximum Gasteiger partial charge on any atom is 0.223 e. The lowest BCUT2D eigenvalue weighted by Crippen LogP contribution is -2.49. The van der Waals surface area contributed by atoms with Gasteiger partial charge in [-0.15, -0.1) is 0 Å². The van der Waals surface area contributed by atoms with Crippen molar-refractivity contribution in [1.82, 2.24) is 9.80 Å². The van der Waals surface area contributed by atoms with Crippen molar-refractivity contribution in [1.29, 1.82) is 0 Å². The largest absolute Gasteiger partial charge is 0.494 e. The van der Waals surface area contributed by atoms with Gasteiger partial charge in [-0.3, -0.25) is 4.79 Å². The van der Waals surface area contributed by atoms with Crippen LogP contribution in [0.3, 0.4) is 0 Å². The third kappa shape index (κ3) is 4.44. The molecule has 3 rings (SSSR count). The number of rotatable bonds is 6. The lowest BCUT2D eigenvalue weighted by molar-refractivity contribution is -0.136. The summed E-state index contributed by atoms with van der Waals surface area (Å²) in [5, 5.41) is 0. The number of hydrogen-bond acceptors (Lipinski definition) is 3. The molecule has 0 unspecified atom stereocenters. The number of benzene rings is 2. The molecule has 1 amide bonds. The van der Waals surface area contributed by atoms with E-state index in [0.717, 1.165) is 30.9 Å². The summed E-state index contributed by atoms with van der Waals surface area (Å²) in [6.45, 7) is 5.20. The first-order chi connectivity index (χ1) is 12.7. The number of amides is 1. The summed E-state index contributed by atoms with van der Waals surface area (Å²) in [5.41, 5.74) is 2.32. The molecule has 0 radical (unpaired) electrons. The van der Waals surface area contributed by atoms with Gasteiger partial charge in [-0.05, 0) is 37.6 Å². The minimum absolute atomic E-state index is 0.129. The summed E-state index contributed by atoms with van der Waals surface area (Å²) in [6.07, 6.45) is 1.22. The van der Waals surface area contributed by atoms with Gasteiger partial charge >= 0.3 is 0 Å². The van der Waals surface area contributed by atoms with Crippen molar-refractivity contribution in [2.24, 2.45) is 0 Å². The number of nitrogens with zero attached hydrogens (tertiary/aromatic N) is 2. The van der Waals surface area contributed by atoms with E-state index in [1.54, 1.807) is 0 Å². The molecule has 0 aromatic heterocycles. The second kappa shape index (κ2) is 8.86. The van der Waals surface area contributed by atoms with Crippen LogP contribution in [-0.4, -0.2) is 49.0 Å². The van der Waals surface area contributed by atoms with Crippen molar-refractivity contribution in [2.75, 3.05) is 33.3 Å². The van der Waals surface area contributed by atoms with Crippen molar-refractivity contribution in [3.8, 4) is 5.75 Å². The quantitative estimate of drug-likeness (QED) is 0.797. The van der Waals surface area contributed by atoms with Gasteiger partial charge in [0.1, 0.15) is 5.75 Å². The van der Waals surface area contributed by atoms with Crippen LogP contribution in [0.2, 0.25) is 0 Å². The van der Waals surface area contributed by atoms with Crippen molar-refractivity contribution in [3.63, 3.8) is 0 Å². The van der Waals surface area contributed by atoms with Crippen LogP contribution < -0.4 is 4.74 Å². The minimum Gasteiger partial charge on any atom is -0.494 e. The number of likely N-dealkylation sites (N-methyl/N-ethyl adjacent to an activating group) is 1. The second-order valence-electron chi connectivity index (χ2n) is 6.82. The number of aryl methyl sites for hydroxylation is 1. The molecule has 1 aliphatic heterocycles. The topological polar surface area (TPSA) is 32.8 Å². The fraction of sp³-hybridized carbons (Fsp3) is 0.409. The molecule has 0 saturated carbocycles. The highest BCUT2D eigenvalue weighted by Crippen LogP contribution is 2.26. The fourth-order valence-corrected chi connectivity index (χ4v) is 3.57. The number of hydrogen-bond donors (Lipinski definition) is 0. The third-order valence-electron chi connectivity index (χ3n) is 4.97. The molecule has 2 aromatic carbocycles. The summed E-state index contributed by atoms with van der Waals surface area (Å²) in [7, 11) is 2.12. The first-order valence-electron chi connectivity index (χ1n) is 9.42. The van der Waals surface area contributed by atoms with Gasteiger partial charge in [-0.25, -0.2) is 0 Å². The van der Waals surface area contributed by atoms with Crippen LogP contribution in [0.15, 0.2) is 54.6 Å². The van der Waals surface area contributed by atoms with Crippen LogP contribution in [0.1, 0.15) is 30.5 Å². The summed E-state index contributed by atoms with van der Waals surface area (Å²) in [6, 6.07) is 18.5. The number of piperazine rings is 1. The van der Waals surface area contributed by atoms with Crippen LogP contribution in [0, 0.1) is 0 Å². The molecule has 1 heterocycles. The first kappa shape index (κ1) is 18.5. The Hall–Kier alpha value is -2.33. The molecule has 1 fully saturated rings. The monoisotopic (exact) mass is 352 g/mol. The molecular formula is C22H28N2O2. The van der Waals surface area contributed by atoms with Crippen molar-refractivity contribution in [2.45, 2.75) is 25.8 Å². The summed E-state index contributed by atoms with van der Waals surface area (Å²) < 4.78 is 5.69. The highest BCUT2D eigenvalue weighted by Gasteiger charge is 2.29. The number of ether oxygens (including phenoxy) is 1. The van der Waals surface area contributed by atoms with Gasteiger partial charge in [0.05, 0.1) is 12.6 Å². The molecule has 0 aliphatic carbocycles. The number of carbonyl (C=O) groups excluding carboxylic acids is 1. The van der Waals surface area contributed by atoms with Crippen LogP contribution in [0.25, 0.3) is 0 Å². The Morgan fingerprint density at radius 1 is 1.08 bits per heavy atom. The van der Waals surface area contributed by atoms with Crippen molar-refractivity contribution >= 4 is 5.91 Å². The van der Waals surface area contributed by atoms with E-state index in [4.69, 9.17) is 4.74 Å². The van der Waals surface area contributed by atoms with Crippen LogP contribution in [-0.2, 0) is 11.2 Å². The van der Waals surface area contributed by atoms with Gasteiger partial charge in [0.2, 0.25) is 5.91 Å². The molecule has 138 valence electrons. The smallest absolute Gasteiger partial charge is 0.223 e. The van der Waals surface area contributed by atoms with Gasteiger partial charge in [-0.2, -0.15) is 0 Å². The number of carbonyl (C=O) groups is 1. The van der Waals surface area contributed by atoms with Gasteiger partial charge in [0.15, 0.2) is 0 Å². The van der Waals surface area contributed by atoms with Gasteiger partial charge in [-0.1, -0.05) is 48.5 Å². The second-order valence-corrected chi connectivity index (χ2v) is 6.82. The zero-order valence-electron chi connectivity index (χ0n) is 15.7. The van der Waals surface area contributed by atoms with E-state index in [0.29, 0.717) is 19.4 Å². The molecule has 1 saturated heterocycles. The highest BCUT2D eigenvalue weighted by atomic mass is 16.5. The van der Waals surface area contributed by atoms with E-state index in [1.165, 1.54) is 5.56 Å². The molecule has 0 bridgehead atoms. The highest BCUT2D eigenvalue weighted by molar-refractivity contribution is 5.77. The van der Waals surface area contributed by atoms with Crippen LogP contribution in [0.4, 0.5) is 0 Å². The van der Waals surface area contributed by atoms with E-state index >= 15 is 0 Å². The minimum atomic E-state index is 0.129. The average molecular weight is 352 g/mol. The molecule has 1 atom stereocenters. The Kier molecular flexibility index (Phi) is 6.29. The molecule has 4 nitrogen and oxygen atoms in total. The summed E-state index contributed by atoms with van der Waals surface area (Å²) >= 11 is 0. The van der Waals surface area contributed by atoms with Gasteiger partial charge in [0, 0.05) is 26.1 Å². The Bertz CT molecular complexity index is 717. The maximum atomic E-state index is 13.0. The third-order valence-corrected chi connectivity index (χ3v) is 4.97.